The highest BCUT2D eigenvalue weighted by molar-refractivity contribution is 7.15. The second-order valence-electron chi connectivity index (χ2n) is 5.77. The number of aryl methyl sites for hydroxylation is 2. The molecule has 0 fully saturated rings. The molecule has 2 heterocycles. The van der Waals surface area contributed by atoms with Crippen LogP contribution >= 0.6 is 11.3 Å². The van der Waals surface area contributed by atoms with Gasteiger partial charge in [-0.2, -0.15) is 0 Å². The number of aromatic nitrogens is 2. The predicted octanol–water partition coefficient (Wildman–Crippen LogP) is 3.30. The number of fused-ring (bicyclic) bond motifs is 1. The topological polar surface area (TPSA) is 72.7 Å². The molecule has 1 N–H and O–H groups in total. The third-order valence-electron chi connectivity index (χ3n) is 3.73. The van der Waals surface area contributed by atoms with E-state index in [2.05, 4.69) is 10.3 Å². The lowest BCUT2D eigenvalue weighted by Crippen LogP contribution is -2.16. The first kappa shape index (κ1) is 17.2. The SMILES string of the molecule is CCC(=O)Nc1cc(C)ccc1OCc1cc(=O)n2c(C)csc2n1. The molecule has 6 nitrogen and oxygen atoms in total. The van der Waals surface area contributed by atoms with Gasteiger partial charge in [-0.25, -0.2) is 4.98 Å². The van der Waals surface area contributed by atoms with Crippen LogP contribution in [0.5, 0.6) is 5.75 Å². The van der Waals surface area contributed by atoms with Crippen molar-refractivity contribution in [3.05, 3.63) is 57.0 Å². The monoisotopic (exact) mass is 357 g/mol. The average molecular weight is 357 g/mol. The van der Waals surface area contributed by atoms with Crippen LogP contribution < -0.4 is 15.6 Å². The van der Waals surface area contributed by atoms with E-state index in [0.29, 0.717) is 28.5 Å². The van der Waals surface area contributed by atoms with Crippen molar-refractivity contribution in [3.63, 3.8) is 0 Å². The molecular formula is C18H19N3O3S. The van der Waals surface area contributed by atoms with Gasteiger partial charge >= 0.3 is 0 Å². The van der Waals surface area contributed by atoms with Crippen molar-refractivity contribution in [2.24, 2.45) is 0 Å². The minimum Gasteiger partial charge on any atom is -0.485 e. The van der Waals surface area contributed by atoms with Gasteiger partial charge in [-0.05, 0) is 31.5 Å². The number of nitrogens with zero attached hydrogens (tertiary/aromatic N) is 2. The zero-order chi connectivity index (χ0) is 18.0. The van der Waals surface area contributed by atoms with Crippen molar-refractivity contribution >= 4 is 27.9 Å². The summed E-state index contributed by atoms with van der Waals surface area (Å²) in [6, 6.07) is 7.05. The second kappa shape index (κ2) is 7.06. The normalized spacial score (nSPS) is 10.8. The van der Waals surface area contributed by atoms with Gasteiger partial charge in [0, 0.05) is 23.6 Å². The Balaban J connectivity index is 1.84. The molecule has 3 rings (SSSR count). The van der Waals surface area contributed by atoms with Gasteiger partial charge in [0.05, 0.1) is 11.4 Å². The summed E-state index contributed by atoms with van der Waals surface area (Å²) in [7, 11) is 0. The van der Waals surface area contributed by atoms with Crippen LogP contribution in [0.15, 0.2) is 34.4 Å². The van der Waals surface area contributed by atoms with Crippen LogP contribution in [-0.4, -0.2) is 15.3 Å². The van der Waals surface area contributed by atoms with Crippen LogP contribution in [-0.2, 0) is 11.4 Å². The average Bonchev–Trinajstić information content (AvgIpc) is 2.95. The largest absolute Gasteiger partial charge is 0.485 e. The number of hydrogen-bond donors (Lipinski definition) is 1. The minimum atomic E-state index is -0.120. The summed E-state index contributed by atoms with van der Waals surface area (Å²) in [5, 5.41) is 4.73. The molecule has 0 aliphatic heterocycles. The lowest BCUT2D eigenvalue weighted by Gasteiger charge is -2.13. The third-order valence-corrected chi connectivity index (χ3v) is 4.68. The number of carbonyl (C=O) groups is 1. The summed E-state index contributed by atoms with van der Waals surface area (Å²) in [6.07, 6.45) is 0.389. The zero-order valence-corrected chi connectivity index (χ0v) is 15.1. The van der Waals surface area contributed by atoms with Crippen LogP contribution in [0.1, 0.15) is 30.3 Å². The fourth-order valence-electron chi connectivity index (χ4n) is 2.43. The summed E-state index contributed by atoms with van der Waals surface area (Å²) in [6.45, 7) is 5.76. The quantitative estimate of drug-likeness (QED) is 0.760. The summed E-state index contributed by atoms with van der Waals surface area (Å²) in [4.78, 5) is 29.0. The van der Waals surface area contributed by atoms with Gasteiger partial charge in [0.15, 0.2) is 4.96 Å². The predicted molar refractivity (Wildman–Crippen MR) is 98.5 cm³/mol. The molecule has 0 saturated heterocycles. The Labute approximate surface area is 149 Å². The summed E-state index contributed by atoms with van der Waals surface area (Å²) in [5.41, 5.74) is 2.95. The van der Waals surface area contributed by atoms with E-state index in [-0.39, 0.29) is 18.1 Å². The molecule has 3 aromatic rings. The molecule has 0 aliphatic rings. The van der Waals surface area contributed by atoms with Gasteiger partial charge in [0.25, 0.3) is 5.56 Å². The maximum absolute atomic E-state index is 12.2. The van der Waals surface area contributed by atoms with E-state index in [1.807, 2.05) is 31.4 Å². The van der Waals surface area contributed by atoms with E-state index in [1.54, 1.807) is 17.4 Å². The lowest BCUT2D eigenvalue weighted by molar-refractivity contribution is -0.115. The Kier molecular flexibility index (Phi) is 4.85. The molecular weight excluding hydrogens is 338 g/mol. The molecule has 25 heavy (non-hydrogen) atoms. The highest BCUT2D eigenvalue weighted by Crippen LogP contribution is 2.26. The first-order valence-corrected chi connectivity index (χ1v) is 8.86. The highest BCUT2D eigenvalue weighted by Gasteiger charge is 2.10. The van der Waals surface area contributed by atoms with Gasteiger partial charge in [-0.15, -0.1) is 11.3 Å². The molecule has 1 amide bonds. The smallest absolute Gasteiger partial charge is 0.259 e. The van der Waals surface area contributed by atoms with Crippen molar-refractivity contribution in [1.82, 2.24) is 9.38 Å². The molecule has 7 heteroatoms. The number of anilines is 1. The second-order valence-corrected chi connectivity index (χ2v) is 6.61. The summed E-state index contributed by atoms with van der Waals surface area (Å²) >= 11 is 1.42. The molecule has 0 radical (unpaired) electrons. The molecule has 0 unspecified atom stereocenters. The van der Waals surface area contributed by atoms with E-state index in [1.165, 1.54) is 17.4 Å². The Morgan fingerprint density at radius 3 is 2.88 bits per heavy atom. The van der Waals surface area contributed by atoms with E-state index in [9.17, 15) is 9.59 Å². The first-order chi connectivity index (χ1) is 12.0. The van der Waals surface area contributed by atoms with E-state index in [0.717, 1.165) is 11.3 Å². The van der Waals surface area contributed by atoms with Gasteiger partial charge in [0.2, 0.25) is 5.91 Å². The molecule has 130 valence electrons. The Bertz CT molecular complexity index is 991. The number of benzene rings is 1. The van der Waals surface area contributed by atoms with E-state index < -0.39 is 0 Å². The number of ether oxygens (including phenoxy) is 1. The maximum Gasteiger partial charge on any atom is 0.259 e. The summed E-state index contributed by atoms with van der Waals surface area (Å²) < 4.78 is 7.39. The molecule has 0 bridgehead atoms. The van der Waals surface area contributed by atoms with E-state index >= 15 is 0 Å². The summed E-state index contributed by atoms with van der Waals surface area (Å²) in [5.74, 6) is 0.471. The third kappa shape index (κ3) is 3.71. The molecule has 0 aliphatic carbocycles. The number of rotatable bonds is 5. The van der Waals surface area contributed by atoms with Gasteiger partial charge in [-0.1, -0.05) is 13.0 Å². The molecule has 2 aromatic heterocycles. The molecule has 1 aromatic carbocycles. The fourth-order valence-corrected chi connectivity index (χ4v) is 3.32. The Morgan fingerprint density at radius 2 is 2.12 bits per heavy atom. The number of thiazole rings is 1. The minimum absolute atomic E-state index is 0.0812. The fraction of sp³-hybridized carbons (Fsp3) is 0.278. The Hall–Kier alpha value is -2.67. The maximum atomic E-state index is 12.2. The van der Waals surface area contributed by atoms with Gasteiger partial charge < -0.3 is 10.1 Å². The molecule has 0 atom stereocenters. The lowest BCUT2D eigenvalue weighted by atomic mass is 10.2. The van der Waals surface area contributed by atoms with Crippen LogP contribution in [0.25, 0.3) is 4.96 Å². The number of nitrogens with one attached hydrogen (secondary N) is 1. The number of carbonyl (C=O) groups excluding carboxylic acids is 1. The van der Waals surface area contributed by atoms with Crippen molar-refractivity contribution in [1.29, 1.82) is 0 Å². The highest BCUT2D eigenvalue weighted by atomic mass is 32.1. The standard InChI is InChI=1S/C18H19N3O3S/c1-4-16(22)20-14-7-11(2)5-6-15(14)24-9-13-8-17(23)21-12(3)10-25-18(21)19-13/h5-8,10H,4,9H2,1-3H3,(H,20,22). The van der Waals surface area contributed by atoms with Crippen LogP contribution in [0.3, 0.4) is 0 Å². The van der Waals surface area contributed by atoms with Gasteiger partial charge in [-0.3, -0.25) is 14.0 Å². The van der Waals surface area contributed by atoms with Crippen molar-refractivity contribution in [2.75, 3.05) is 5.32 Å². The van der Waals surface area contributed by atoms with Gasteiger partial charge in [0.1, 0.15) is 12.4 Å². The van der Waals surface area contributed by atoms with Crippen LogP contribution in [0.2, 0.25) is 0 Å². The molecule has 0 saturated carbocycles. The first-order valence-electron chi connectivity index (χ1n) is 7.98. The molecule has 0 spiro atoms. The van der Waals surface area contributed by atoms with Crippen LogP contribution in [0, 0.1) is 13.8 Å². The van der Waals surface area contributed by atoms with Crippen molar-refractivity contribution in [3.8, 4) is 5.75 Å². The van der Waals surface area contributed by atoms with E-state index in [4.69, 9.17) is 4.74 Å². The van der Waals surface area contributed by atoms with Crippen LogP contribution in [0.4, 0.5) is 5.69 Å². The van der Waals surface area contributed by atoms with Crippen molar-refractivity contribution < 1.29 is 9.53 Å². The number of amides is 1. The Morgan fingerprint density at radius 1 is 1.32 bits per heavy atom. The number of hydrogen-bond acceptors (Lipinski definition) is 5. The van der Waals surface area contributed by atoms with Crippen molar-refractivity contribution in [2.45, 2.75) is 33.8 Å². The zero-order valence-electron chi connectivity index (χ0n) is 14.3.